The molecule has 1 aliphatic heterocycles. The van der Waals surface area contributed by atoms with E-state index in [0.29, 0.717) is 43.4 Å². The van der Waals surface area contributed by atoms with Crippen LogP contribution in [0.3, 0.4) is 0 Å². The van der Waals surface area contributed by atoms with Gasteiger partial charge in [-0.05, 0) is 18.2 Å². The van der Waals surface area contributed by atoms with Crippen LogP contribution in [0.25, 0.3) is 0 Å². The molecule has 3 rings (SSSR count). The van der Waals surface area contributed by atoms with Crippen LogP contribution in [-0.2, 0) is 4.79 Å². The van der Waals surface area contributed by atoms with E-state index in [0.717, 1.165) is 0 Å². The van der Waals surface area contributed by atoms with Gasteiger partial charge < -0.3 is 24.6 Å². The van der Waals surface area contributed by atoms with Crippen LogP contribution in [0.2, 0.25) is 0 Å². The number of piperazine rings is 1. The van der Waals surface area contributed by atoms with Crippen molar-refractivity contribution in [2.24, 2.45) is 0 Å². The van der Waals surface area contributed by atoms with Crippen LogP contribution in [0.1, 0.15) is 17.4 Å². The highest BCUT2D eigenvalue weighted by Crippen LogP contribution is 2.30. The summed E-state index contributed by atoms with van der Waals surface area (Å²) in [7, 11) is 3.14. The van der Waals surface area contributed by atoms with E-state index >= 15 is 0 Å². The number of carbonyl (C=O) groups is 2. The highest BCUT2D eigenvalue weighted by atomic mass is 16.5. The van der Waals surface area contributed by atoms with E-state index in [9.17, 15) is 9.59 Å². The minimum Gasteiger partial charge on any atom is -0.497 e. The first kappa shape index (κ1) is 19.4. The number of rotatable bonds is 5. The minimum absolute atomic E-state index is 0.0212. The molecule has 0 saturated carbocycles. The van der Waals surface area contributed by atoms with E-state index in [2.05, 4.69) is 15.3 Å². The second-order valence-electron chi connectivity index (χ2n) is 6.25. The first-order valence-electron chi connectivity index (χ1n) is 8.88. The zero-order valence-electron chi connectivity index (χ0n) is 16.1. The summed E-state index contributed by atoms with van der Waals surface area (Å²) >= 11 is 0. The average Bonchev–Trinajstić information content (AvgIpc) is 2.73. The molecule has 0 spiro atoms. The number of carbonyl (C=O) groups excluding carboxylic acids is 2. The average molecular weight is 385 g/mol. The SMILES string of the molecule is COc1ccc(OC)c(Nc2nccc(C(=O)N3CCN(C(C)=O)CC3)n2)c1. The predicted molar refractivity (Wildman–Crippen MR) is 103 cm³/mol. The molecule has 0 atom stereocenters. The van der Waals surface area contributed by atoms with E-state index in [1.54, 1.807) is 48.3 Å². The number of benzene rings is 1. The lowest BCUT2D eigenvalue weighted by atomic mass is 10.2. The minimum atomic E-state index is -0.189. The second kappa shape index (κ2) is 8.55. The largest absolute Gasteiger partial charge is 0.497 e. The van der Waals surface area contributed by atoms with Gasteiger partial charge in [0.15, 0.2) is 0 Å². The van der Waals surface area contributed by atoms with E-state index in [1.807, 2.05) is 0 Å². The van der Waals surface area contributed by atoms with Gasteiger partial charge in [-0.2, -0.15) is 0 Å². The summed E-state index contributed by atoms with van der Waals surface area (Å²) in [6.45, 7) is 3.55. The van der Waals surface area contributed by atoms with Crippen LogP contribution in [-0.4, -0.2) is 72.0 Å². The fourth-order valence-electron chi connectivity index (χ4n) is 2.96. The van der Waals surface area contributed by atoms with E-state index < -0.39 is 0 Å². The fourth-order valence-corrected chi connectivity index (χ4v) is 2.96. The van der Waals surface area contributed by atoms with Gasteiger partial charge in [0.25, 0.3) is 5.91 Å². The van der Waals surface area contributed by atoms with Gasteiger partial charge in [0, 0.05) is 45.4 Å². The molecule has 1 aromatic heterocycles. The lowest BCUT2D eigenvalue weighted by Crippen LogP contribution is -2.50. The summed E-state index contributed by atoms with van der Waals surface area (Å²) in [6, 6.07) is 6.89. The number of hydrogen-bond acceptors (Lipinski definition) is 7. The van der Waals surface area contributed by atoms with Crippen molar-refractivity contribution in [1.82, 2.24) is 19.8 Å². The Hall–Kier alpha value is -3.36. The number of anilines is 2. The van der Waals surface area contributed by atoms with Crippen molar-refractivity contribution in [2.75, 3.05) is 45.7 Å². The van der Waals surface area contributed by atoms with Crippen molar-refractivity contribution in [3.05, 3.63) is 36.2 Å². The molecular formula is C19H23N5O4. The third-order valence-corrected chi connectivity index (χ3v) is 4.54. The molecule has 0 aliphatic carbocycles. The summed E-state index contributed by atoms with van der Waals surface area (Å²) in [4.78, 5) is 36.1. The molecule has 1 aliphatic rings. The molecule has 1 saturated heterocycles. The van der Waals surface area contributed by atoms with Gasteiger partial charge in [0.2, 0.25) is 11.9 Å². The summed E-state index contributed by atoms with van der Waals surface area (Å²) in [5.41, 5.74) is 0.914. The number of hydrogen-bond donors (Lipinski definition) is 1. The Bertz CT molecular complexity index is 865. The zero-order valence-corrected chi connectivity index (χ0v) is 16.1. The molecule has 1 fully saturated rings. The molecule has 0 bridgehead atoms. The van der Waals surface area contributed by atoms with E-state index in [-0.39, 0.29) is 23.5 Å². The van der Waals surface area contributed by atoms with Crippen LogP contribution in [0.5, 0.6) is 11.5 Å². The molecule has 1 N–H and O–H groups in total. The Morgan fingerprint density at radius 3 is 2.39 bits per heavy atom. The predicted octanol–water partition coefficient (Wildman–Crippen LogP) is 1.54. The van der Waals surface area contributed by atoms with Gasteiger partial charge in [-0.15, -0.1) is 0 Å². The van der Waals surface area contributed by atoms with Crippen LogP contribution >= 0.6 is 0 Å². The Morgan fingerprint density at radius 2 is 1.75 bits per heavy atom. The van der Waals surface area contributed by atoms with Crippen molar-refractivity contribution < 1.29 is 19.1 Å². The summed E-state index contributed by atoms with van der Waals surface area (Å²) in [5, 5.41) is 3.07. The number of ether oxygens (including phenoxy) is 2. The molecule has 0 unspecified atom stereocenters. The van der Waals surface area contributed by atoms with Crippen molar-refractivity contribution in [3.8, 4) is 11.5 Å². The van der Waals surface area contributed by atoms with Gasteiger partial charge in [-0.25, -0.2) is 9.97 Å². The fraction of sp³-hybridized carbons (Fsp3) is 0.368. The molecule has 9 heteroatoms. The van der Waals surface area contributed by atoms with Crippen molar-refractivity contribution in [2.45, 2.75) is 6.92 Å². The summed E-state index contributed by atoms with van der Waals surface area (Å²) in [5.74, 6) is 1.36. The molecule has 1 aromatic carbocycles. The maximum atomic E-state index is 12.8. The Morgan fingerprint density at radius 1 is 1.04 bits per heavy atom. The molecule has 2 amide bonds. The maximum Gasteiger partial charge on any atom is 0.272 e. The third-order valence-electron chi connectivity index (χ3n) is 4.54. The quantitative estimate of drug-likeness (QED) is 0.834. The number of methoxy groups -OCH3 is 2. The highest BCUT2D eigenvalue weighted by molar-refractivity contribution is 5.92. The Balaban J connectivity index is 1.74. The molecular weight excluding hydrogens is 362 g/mol. The van der Waals surface area contributed by atoms with Gasteiger partial charge in [0.1, 0.15) is 17.2 Å². The lowest BCUT2D eigenvalue weighted by Gasteiger charge is -2.34. The normalized spacial score (nSPS) is 13.8. The number of amides is 2. The Labute approximate surface area is 163 Å². The van der Waals surface area contributed by atoms with Crippen LogP contribution in [0, 0.1) is 0 Å². The van der Waals surface area contributed by atoms with Gasteiger partial charge in [-0.1, -0.05) is 0 Å². The van der Waals surface area contributed by atoms with Crippen molar-refractivity contribution in [1.29, 1.82) is 0 Å². The molecule has 9 nitrogen and oxygen atoms in total. The monoisotopic (exact) mass is 385 g/mol. The maximum absolute atomic E-state index is 12.8. The van der Waals surface area contributed by atoms with Gasteiger partial charge in [0.05, 0.1) is 19.9 Å². The molecule has 2 aromatic rings. The van der Waals surface area contributed by atoms with Crippen LogP contribution < -0.4 is 14.8 Å². The molecule has 28 heavy (non-hydrogen) atoms. The lowest BCUT2D eigenvalue weighted by molar-refractivity contribution is -0.130. The smallest absolute Gasteiger partial charge is 0.272 e. The van der Waals surface area contributed by atoms with E-state index in [4.69, 9.17) is 9.47 Å². The first-order valence-corrected chi connectivity index (χ1v) is 8.88. The van der Waals surface area contributed by atoms with Crippen LogP contribution in [0.15, 0.2) is 30.5 Å². The standard InChI is InChI=1S/C19H23N5O4/c1-13(25)23-8-10-24(11-9-23)18(26)15-6-7-20-19(21-15)22-16-12-14(27-2)4-5-17(16)28-3/h4-7,12H,8-11H2,1-3H3,(H,20,21,22). The topological polar surface area (TPSA) is 96.9 Å². The van der Waals surface area contributed by atoms with Gasteiger partial charge >= 0.3 is 0 Å². The van der Waals surface area contributed by atoms with Crippen molar-refractivity contribution in [3.63, 3.8) is 0 Å². The number of nitrogens with one attached hydrogen (secondary N) is 1. The number of nitrogens with zero attached hydrogens (tertiary/aromatic N) is 4. The Kier molecular flexibility index (Phi) is 5.93. The summed E-state index contributed by atoms with van der Waals surface area (Å²) in [6.07, 6.45) is 1.53. The molecule has 2 heterocycles. The molecule has 148 valence electrons. The third kappa shape index (κ3) is 4.30. The van der Waals surface area contributed by atoms with Gasteiger partial charge in [-0.3, -0.25) is 9.59 Å². The second-order valence-corrected chi connectivity index (χ2v) is 6.25. The van der Waals surface area contributed by atoms with Crippen LogP contribution in [0.4, 0.5) is 11.6 Å². The molecule has 0 radical (unpaired) electrons. The zero-order chi connectivity index (χ0) is 20.1. The van der Waals surface area contributed by atoms with Crippen molar-refractivity contribution >= 4 is 23.5 Å². The number of aromatic nitrogens is 2. The van der Waals surface area contributed by atoms with E-state index in [1.165, 1.54) is 13.1 Å². The first-order chi connectivity index (χ1) is 13.5. The summed E-state index contributed by atoms with van der Waals surface area (Å²) < 4.78 is 10.6. The highest BCUT2D eigenvalue weighted by Gasteiger charge is 2.24.